The minimum atomic E-state index is -0.387. The van der Waals surface area contributed by atoms with Gasteiger partial charge in [-0.2, -0.15) is 0 Å². The largest absolute Gasteiger partial charge is 0.483 e. The van der Waals surface area contributed by atoms with E-state index in [-0.39, 0.29) is 16.7 Å². The first-order chi connectivity index (χ1) is 8.20. The van der Waals surface area contributed by atoms with Crippen LogP contribution in [0.15, 0.2) is 18.2 Å². The number of hydrogen-bond acceptors (Lipinski definition) is 3. The Bertz CT molecular complexity index is 416. The van der Waals surface area contributed by atoms with Crippen LogP contribution in [0, 0.1) is 10.1 Å². The number of nitro benzene ring substituents is 1. The summed E-state index contributed by atoms with van der Waals surface area (Å²) < 4.78 is 5.75. The van der Waals surface area contributed by atoms with E-state index < -0.39 is 0 Å². The van der Waals surface area contributed by atoms with Crippen LogP contribution >= 0.6 is 15.9 Å². The van der Waals surface area contributed by atoms with Gasteiger partial charge in [-0.3, -0.25) is 10.1 Å². The molecule has 0 atom stereocenters. The first-order valence-electron chi connectivity index (χ1n) is 5.70. The molecule has 1 saturated carbocycles. The summed E-state index contributed by atoms with van der Waals surface area (Å²) in [5.74, 6) is 0.402. The lowest BCUT2D eigenvalue weighted by Gasteiger charge is -2.13. The first-order valence-corrected chi connectivity index (χ1v) is 6.83. The Hall–Kier alpha value is -1.10. The van der Waals surface area contributed by atoms with Crippen LogP contribution < -0.4 is 4.74 Å². The topological polar surface area (TPSA) is 52.4 Å². The van der Waals surface area contributed by atoms with E-state index in [0.717, 1.165) is 31.2 Å². The zero-order chi connectivity index (χ0) is 12.3. The molecule has 4 nitrogen and oxygen atoms in total. The Kier molecular flexibility index (Phi) is 3.99. The maximum Gasteiger partial charge on any atom is 0.310 e. The quantitative estimate of drug-likeness (QED) is 0.482. The van der Waals surface area contributed by atoms with Crippen LogP contribution in [0.4, 0.5) is 5.69 Å². The second-order valence-electron chi connectivity index (χ2n) is 4.22. The molecule has 1 aliphatic rings. The molecular formula is C12H14BrNO3. The SMILES string of the molecule is O=[N+]([O-])c1ccc(CBr)cc1OC1CCCC1. The summed E-state index contributed by atoms with van der Waals surface area (Å²) in [5.41, 5.74) is 1.05. The Balaban J connectivity index is 2.24. The molecule has 0 N–H and O–H groups in total. The van der Waals surface area contributed by atoms with Crippen molar-refractivity contribution in [3.63, 3.8) is 0 Å². The van der Waals surface area contributed by atoms with Crippen molar-refractivity contribution in [2.24, 2.45) is 0 Å². The minimum Gasteiger partial charge on any atom is -0.483 e. The fraction of sp³-hybridized carbons (Fsp3) is 0.500. The van der Waals surface area contributed by atoms with Crippen LogP contribution in [-0.4, -0.2) is 11.0 Å². The second-order valence-corrected chi connectivity index (χ2v) is 4.78. The molecule has 17 heavy (non-hydrogen) atoms. The fourth-order valence-corrected chi connectivity index (χ4v) is 2.42. The molecule has 1 aliphatic carbocycles. The predicted octanol–water partition coefficient (Wildman–Crippen LogP) is 3.81. The molecule has 5 heteroatoms. The van der Waals surface area contributed by atoms with E-state index in [1.165, 1.54) is 6.07 Å². The molecular weight excluding hydrogens is 286 g/mol. The zero-order valence-corrected chi connectivity index (χ0v) is 11.0. The maximum atomic E-state index is 10.9. The van der Waals surface area contributed by atoms with Gasteiger partial charge in [-0.1, -0.05) is 22.0 Å². The van der Waals surface area contributed by atoms with Gasteiger partial charge in [0.25, 0.3) is 0 Å². The minimum absolute atomic E-state index is 0.0570. The number of rotatable bonds is 4. The average Bonchev–Trinajstić information content (AvgIpc) is 2.81. The van der Waals surface area contributed by atoms with E-state index in [0.29, 0.717) is 11.1 Å². The predicted molar refractivity (Wildman–Crippen MR) is 68.6 cm³/mol. The van der Waals surface area contributed by atoms with Gasteiger partial charge < -0.3 is 4.74 Å². The van der Waals surface area contributed by atoms with Gasteiger partial charge in [-0.05, 0) is 37.3 Å². The Morgan fingerprint density at radius 3 is 2.71 bits per heavy atom. The lowest BCUT2D eigenvalue weighted by Crippen LogP contribution is -2.12. The van der Waals surface area contributed by atoms with Crippen molar-refractivity contribution in [2.45, 2.75) is 37.1 Å². The van der Waals surface area contributed by atoms with Crippen LogP contribution in [0.1, 0.15) is 31.2 Å². The van der Waals surface area contributed by atoms with E-state index in [1.807, 2.05) is 0 Å². The van der Waals surface area contributed by atoms with Crippen molar-refractivity contribution >= 4 is 21.6 Å². The fourth-order valence-electron chi connectivity index (χ4n) is 2.07. The summed E-state index contributed by atoms with van der Waals surface area (Å²) in [6, 6.07) is 5.01. The van der Waals surface area contributed by atoms with Gasteiger partial charge in [0.1, 0.15) is 0 Å². The van der Waals surface area contributed by atoms with Crippen molar-refractivity contribution in [1.82, 2.24) is 0 Å². The highest BCUT2D eigenvalue weighted by atomic mass is 79.9. The molecule has 1 aromatic carbocycles. The molecule has 0 aromatic heterocycles. The van der Waals surface area contributed by atoms with Gasteiger partial charge in [-0.15, -0.1) is 0 Å². The number of hydrogen-bond donors (Lipinski definition) is 0. The Morgan fingerprint density at radius 2 is 2.12 bits per heavy atom. The molecule has 0 radical (unpaired) electrons. The highest BCUT2D eigenvalue weighted by Crippen LogP contribution is 2.32. The first kappa shape index (κ1) is 12.4. The van der Waals surface area contributed by atoms with Crippen LogP contribution in [0.2, 0.25) is 0 Å². The highest BCUT2D eigenvalue weighted by Gasteiger charge is 2.22. The molecule has 0 amide bonds. The Morgan fingerprint density at radius 1 is 1.41 bits per heavy atom. The van der Waals surface area contributed by atoms with Crippen molar-refractivity contribution in [2.75, 3.05) is 0 Å². The number of nitrogens with zero attached hydrogens (tertiary/aromatic N) is 1. The Labute approximate surface area is 108 Å². The van der Waals surface area contributed by atoms with Crippen molar-refractivity contribution < 1.29 is 9.66 Å². The van der Waals surface area contributed by atoms with Crippen molar-refractivity contribution in [3.05, 3.63) is 33.9 Å². The third-order valence-corrected chi connectivity index (χ3v) is 3.62. The normalized spacial score (nSPS) is 16.1. The van der Waals surface area contributed by atoms with Crippen molar-refractivity contribution in [1.29, 1.82) is 0 Å². The molecule has 0 heterocycles. The summed E-state index contributed by atoms with van der Waals surface area (Å²) in [5, 5.41) is 11.6. The summed E-state index contributed by atoms with van der Waals surface area (Å²) in [7, 11) is 0. The molecule has 0 spiro atoms. The number of alkyl halides is 1. The van der Waals surface area contributed by atoms with Gasteiger partial charge in [-0.25, -0.2) is 0 Å². The molecule has 0 bridgehead atoms. The van der Waals surface area contributed by atoms with Gasteiger partial charge in [0.2, 0.25) is 0 Å². The molecule has 1 fully saturated rings. The molecule has 0 aliphatic heterocycles. The summed E-state index contributed by atoms with van der Waals surface area (Å²) >= 11 is 3.34. The molecule has 1 aromatic rings. The molecule has 2 rings (SSSR count). The maximum absolute atomic E-state index is 10.9. The number of ether oxygens (including phenoxy) is 1. The number of nitro groups is 1. The summed E-state index contributed by atoms with van der Waals surface area (Å²) in [6.45, 7) is 0. The van der Waals surface area contributed by atoms with Crippen LogP contribution in [0.3, 0.4) is 0 Å². The van der Waals surface area contributed by atoms with E-state index in [4.69, 9.17) is 4.74 Å². The smallest absolute Gasteiger partial charge is 0.310 e. The molecule has 0 saturated heterocycles. The van der Waals surface area contributed by atoms with Gasteiger partial charge in [0.05, 0.1) is 11.0 Å². The van der Waals surface area contributed by atoms with E-state index in [9.17, 15) is 10.1 Å². The van der Waals surface area contributed by atoms with Gasteiger partial charge in [0.15, 0.2) is 5.75 Å². The molecule has 0 unspecified atom stereocenters. The van der Waals surface area contributed by atoms with E-state index in [1.54, 1.807) is 12.1 Å². The second kappa shape index (κ2) is 5.49. The third-order valence-electron chi connectivity index (χ3n) is 2.97. The molecule has 92 valence electrons. The number of halogens is 1. The summed E-state index contributed by atoms with van der Waals surface area (Å²) in [6.07, 6.45) is 4.43. The summed E-state index contributed by atoms with van der Waals surface area (Å²) in [4.78, 5) is 10.5. The monoisotopic (exact) mass is 299 g/mol. The lowest BCUT2D eigenvalue weighted by molar-refractivity contribution is -0.386. The highest BCUT2D eigenvalue weighted by molar-refractivity contribution is 9.08. The van der Waals surface area contributed by atoms with Crippen molar-refractivity contribution in [3.8, 4) is 5.75 Å². The van der Waals surface area contributed by atoms with Gasteiger partial charge in [0, 0.05) is 11.4 Å². The van der Waals surface area contributed by atoms with Crippen LogP contribution in [0.25, 0.3) is 0 Å². The van der Waals surface area contributed by atoms with Crippen LogP contribution in [-0.2, 0) is 5.33 Å². The van der Waals surface area contributed by atoms with Crippen LogP contribution in [0.5, 0.6) is 5.75 Å². The zero-order valence-electron chi connectivity index (χ0n) is 9.39. The average molecular weight is 300 g/mol. The number of benzene rings is 1. The van der Waals surface area contributed by atoms with E-state index in [2.05, 4.69) is 15.9 Å². The third kappa shape index (κ3) is 2.97. The lowest BCUT2D eigenvalue weighted by atomic mass is 10.2. The van der Waals surface area contributed by atoms with Gasteiger partial charge >= 0.3 is 5.69 Å². The standard InChI is InChI=1S/C12H14BrNO3/c13-8-9-5-6-11(14(15)16)12(7-9)17-10-3-1-2-4-10/h5-7,10H,1-4,8H2. The van der Waals surface area contributed by atoms with E-state index >= 15 is 0 Å².